The van der Waals surface area contributed by atoms with Crippen LogP contribution in [0, 0.1) is 0 Å². The van der Waals surface area contributed by atoms with Crippen LogP contribution in [0.25, 0.3) is 0 Å². The molecule has 3 heterocycles. The number of aryl methyl sites for hydroxylation is 1. The van der Waals surface area contributed by atoms with Gasteiger partial charge in [-0.15, -0.1) is 0 Å². The monoisotopic (exact) mass is 375 g/mol. The van der Waals surface area contributed by atoms with Crippen LogP contribution in [-0.2, 0) is 21.4 Å². The quantitative estimate of drug-likeness (QED) is 0.868. The standard InChI is InChI=1S/C18H21N3O4S/c1-20-16(12-14(19-26(20,23)24)17-9-5-11-25-17)18(22)21-10-4-7-13-6-2-3-8-15(13)21/h2-3,5-6,8-9,11,14,16,19H,4,7,10,12H2,1H3. The zero-order chi connectivity index (χ0) is 18.3. The van der Waals surface area contributed by atoms with Crippen molar-refractivity contribution in [3.8, 4) is 0 Å². The van der Waals surface area contributed by atoms with Gasteiger partial charge in [-0.25, -0.2) is 0 Å². The fraction of sp³-hybridized carbons (Fsp3) is 0.389. The number of carbonyl (C=O) groups is 1. The van der Waals surface area contributed by atoms with E-state index in [2.05, 4.69) is 4.72 Å². The molecular formula is C18H21N3O4S. The molecule has 1 aromatic carbocycles. The Bertz CT molecular complexity index is 910. The van der Waals surface area contributed by atoms with Crippen molar-refractivity contribution in [3.05, 3.63) is 54.0 Å². The van der Waals surface area contributed by atoms with Crippen molar-refractivity contribution in [1.29, 1.82) is 0 Å². The Morgan fingerprint density at radius 1 is 1.23 bits per heavy atom. The smallest absolute Gasteiger partial charge is 0.280 e. The SMILES string of the molecule is CN1C(C(=O)N2CCCc3ccccc32)CC(c2ccco2)NS1(=O)=O. The Morgan fingerprint density at radius 2 is 2.04 bits per heavy atom. The van der Waals surface area contributed by atoms with Gasteiger partial charge in [0, 0.05) is 19.3 Å². The maximum Gasteiger partial charge on any atom is 0.280 e. The van der Waals surface area contributed by atoms with Crippen LogP contribution in [0.2, 0.25) is 0 Å². The van der Waals surface area contributed by atoms with Gasteiger partial charge in [-0.3, -0.25) is 4.79 Å². The van der Waals surface area contributed by atoms with Gasteiger partial charge >= 0.3 is 0 Å². The molecule has 26 heavy (non-hydrogen) atoms. The van der Waals surface area contributed by atoms with E-state index < -0.39 is 22.3 Å². The maximum absolute atomic E-state index is 13.3. The minimum atomic E-state index is -3.77. The summed E-state index contributed by atoms with van der Waals surface area (Å²) in [6.45, 7) is 0.596. The number of nitrogens with one attached hydrogen (secondary N) is 1. The molecule has 0 bridgehead atoms. The minimum Gasteiger partial charge on any atom is -0.468 e. The Morgan fingerprint density at radius 3 is 2.81 bits per heavy atom. The molecule has 0 saturated carbocycles. The number of rotatable bonds is 2. The van der Waals surface area contributed by atoms with Gasteiger partial charge in [0.05, 0.1) is 12.3 Å². The average molecular weight is 375 g/mol. The summed E-state index contributed by atoms with van der Waals surface area (Å²) in [6, 6.07) is 9.90. The normalized spacial score (nSPS) is 25.7. The van der Waals surface area contributed by atoms with Crippen LogP contribution in [0.4, 0.5) is 5.69 Å². The molecule has 1 aromatic heterocycles. The highest BCUT2D eigenvalue weighted by molar-refractivity contribution is 7.87. The van der Waals surface area contributed by atoms with Crippen LogP contribution in [0.15, 0.2) is 47.1 Å². The second kappa shape index (κ2) is 6.53. The Hall–Kier alpha value is -2.16. The number of nitrogens with zero attached hydrogens (tertiary/aromatic N) is 2. The van der Waals surface area contributed by atoms with Crippen molar-refractivity contribution in [2.75, 3.05) is 18.5 Å². The molecule has 2 aliphatic rings. The van der Waals surface area contributed by atoms with Crippen molar-refractivity contribution in [2.24, 2.45) is 0 Å². The number of benzene rings is 1. The van der Waals surface area contributed by atoms with E-state index in [1.807, 2.05) is 24.3 Å². The highest BCUT2D eigenvalue weighted by Crippen LogP contribution is 2.32. The molecule has 7 nitrogen and oxygen atoms in total. The second-order valence-corrected chi connectivity index (χ2v) is 8.44. The first-order chi connectivity index (χ1) is 12.5. The van der Waals surface area contributed by atoms with E-state index in [1.165, 1.54) is 13.3 Å². The summed E-state index contributed by atoms with van der Waals surface area (Å²) < 4.78 is 34.1. The third-order valence-electron chi connectivity index (χ3n) is 5.12. The van der Waals surface area contributed by atoms with Gasteiger partial charge in [0.1, 0.15) is 11.8 Å². The van der Waals surface area contributed by atoms with E-state index >= 15 is 0 Å². The Kier molecular flexibility index (Phi) is 4.34. The van der Waals surface area contributed by atoms with Gasteiger partial charge in [0.15, 0.2) is 0 Å². The number of carbonyl (C=O) groups excluding carboxylic acids is 1. The van der Waals surface area contributed by atoms with Crippen LogP contribution in [-0.4, -0.2) is 38.3 Å². The van der Waals surface area contributed by atoms with E-state index in [4.69, 9.17) is 4.42 Å². The number of para-hydroxylation sites is 1. The predicted molar refractivity (Wildman–Crippen MR) is 96.8 cm³/mol. The van der Waals surface area contributed by atoms with Gasteiger partial charge in [-0.1, -0.05) is 18.2 Å². The molecule has 2 aromatic rings. The van der Waals surface area contributed by atoms with Gasteiger partial charge < -0.3 is 9.32 Å². The highest BCUT2D eigenvalue weighted by Gasteiger charge is 2.43. The minimum absolute atomic E-state index is 0.193. The fourth-order valence-electron chi connectivity index (χ4n) is 3.71. The van der Waals surface area contributed by atoms with E-state index in [1.54, 1.807) is 17.0 Å². The van der Waals surface area contributed by atoms with Crippen molar-refractivity contribution in [3.63, 3.8) is 0 Å². The summed E-state index contributed by atoms with van der Waals surface area (Å²) in [5, 5.41) is 0. The Balaban J connectivity index is 1.66. The van der Waals surface area contributed by atoms with Gasteiger partial charge in [-0.2, -0.15) is 17.4 Å². The number of amides is 1. The molecule has 1 saturated heterocycles. The van der Waals surface area contributed by atoms with Gasteiger partial charge in [-0.05, 0) is 43.0 Å². The van der Waals surface area contributed by atoms with E-state index in [9.17, 15) is 13.2 Å². The lowest BCUT2D eigenvalue weighted by Crippen LogP contribution is -2.58. The summed E-state index contributed by atoms with van der Waals surface area (Å²) in [5.41, 5.74) is 2.00. The Labute approximate surface area is 152 Å². The molecule has 2 unspecified atom stereocenters. The fourth-order valence-corrected chi connectivity index (χ4v) is 4.96. The number of anilines is 1. The van der Waals surface area contributed by atoms with Crippen LogP contribution in [0.3, 0.4) is 0 Å². The zero-order valence-corrected chi connectivity index (χ0v) is 15.3. The largest absolute Gasteiger partial charge is 0.468 e. The summed E-state index contributed by atoms with van der Waals surface area (Å²) >= 11 is 0. The lowest BCUT2D eigenvalue weighted by Gasteiger charge is -2.39. The van der Waals surface area contributed by atoms with Gasteiger partial charge in [0.2, 0.25) is 5.91 Å². The topological polar surface area (TPSA) is 82.9 Å². The molecule has 138 valence electrons. The number of hydrogen-bond donors (Lipinski definition) is 1. The summed E-state index contributed by atoms with van der Waals surface area (Å²) in [6.07, 6.45) is 3.61. The lowest BCUT2D eigenvalue weighted by atomic mass is 9.99. The lowest BCUT2D eigenvalue weighted by molar-refractivity contribution is -0.122. The summed E-state index contributed by atoms with van der Waals surface area (Å²) in [4.78, 5) is 15.0. The van der Waals surface area contributed by atoms with Crippen molar-refractivity contribution < 1.29 is 17.6 Å². The molecule has 1 amide bonds. The highest BCUT2D eigenvalue weighted by atomic mass is 32.2. The average Bonchev–Trinajstić information content (AvgIpc) is 3.17. The third-order valence-corrected chi connectivity index (χ3v) is 6.71. The number of hydrogen-bond acceptors (Lipinski definition) is 4. The zero-order valence-electron chi connectivity index (χ0n) is 14.5. The molecule has 0 spiro atoms. The molecular weight excluding hydrogens is 354 g/mol. The van der Waals surface area contributed by atoms with E-state index in [-0.39, 0.29) is 5.91 Å². The van der Waals surface area contributed by atoms with Gasteiger partial charge in [0.25, 0.3) is 10.2 Å². The van der Waals surface area contributed by atoms with Crippen molar-refractivity contribution in [1.82, 2.24) is 9.03 Å². The maximum atomic E-state index is 13.3. The van der Waals surface area contributed by atoms with Crippen molar-refractivity contribution in [2.45, 2.75) is 31.3 Å². The molecule has 4 rings (SSSR count). The number of furan rings is 1. The third kappa shape index (κ3) is 2.94. The first-order valence-corrected chi connectivity index (χ1v) is 10.1. The first kappa shape index (κ1) is 17.3. The molecule has 0 radical (unpaired) electrons. The first-order valence-electron chi connectivity index (χ1n) is 8.65. The van der Waals surface area contributed by atoms with Crippen molar-refractivity contribution >= 4 is 21.8 Å². The summed E-state index contributed by atoms with van der Waals surface area (Å²) in [7, 11) is -2.33. The summed E-state index contributed by atoms with van der Waals surface area (Å²) in [5.74, 6) is 0.319. The second-order valence-electron chi connectivity index (χ2n) is 6.68. The van der Waals surface area contributed by atoms with E-state index in [0.29, 0.717) is 18.7 Å². The molecule has 1 N–H and O–H groups in total. The van der Waals surface area contributed by atoms with Crippen LogP contribution >= 0.6 is 0 Å². The van der Waals surface area contributed by atoms with E-state index in [0.717, 1.165) is 28.4 Å². The predicted octanol–water partition coefficient (Wildman–Crippen LogP) is 1.84. The van der Waals surface area contributed by atoms with Crippen LogP contribution < -0.4 is 9.62 Å². The van der Waals surface area contributed by atoms with Crippen LogP contribution in [0.1, 0.15) is 30.2 Å². The molecule has 2 aliphatic heterocycles. The molecule has 1 fully saturated rings. The van der Waals surface area contributed by atoms with Crippen LogP contribution in [0.5, 0.6) is 0 Å². The number of likely N-dealkylation sites (N-methyl/N-ethyl adjacent to an activating group) is 1. The molecule has 2 atom stereocenters. The molecule has 0 aliphatic carbocycles. The number of fused-ring (bicyclic) bond motifs is 1. The molecule has 8 heteroatoms.